The highest BCUT2D eigenvalue weighted by Gasteiger charge is 2.30. The molecule has 0 amide bonds. The summed E-state index contributed by atoms with van der Waals surface area (Å²) in [4.78, 5) is 15.6. The monoisotopic (exact) mass is 298 g/mol. The van der Waals surface area contributed by atoms with E-state index in [2.05, 4.69) is 10.1 Å². The molecular formula is C13H9F3N2O3. The Labute approximate surface area is 116 Å². The molecular weight excluding hydrogens is 289 g/mol. The fourth-order valence-corrected chi connectivity index (χ4v) is 2.03. The molecule has 1 saturated heterocycles. The summed E-state index contributed by atoms with van der Waals surface area (Å²) in [6.45, 7) is 0.456. The van der Waals surface area contributed by atoms with Crippen LogP contribution in [0.4, 0.5) is 13.2 Å². The SMILES string of the molecule is O=C1CCOCC1c1nc(-c2cc(F)c(F)c(F)c2)no1. The van der Waals surface area contributed by atoms with Gasteiger partial charge in [0.15, 0.2) is 17.5 Å². The fourth-order valence-electron chi connectivity index (χ4n) is 2.03. The number of hydrogen-bond acceptors (Lipinski definition) is 5. The van der Waals surface area contributed by atoms with E-state index in [1.54, 1.807) is 0 Å². The Morgan fingerprint density at radius 2 is 1.90 bits per heavy atom. The highest BCUT2D eigenvalue weighted by Crippen LogP contribution is 2.25. The largest absolute Gasteiger partial charge is 0.380 e. The Balaban J connectivity index is 1.93. The summed E-state index contributed by atoms with van der Waals surface area (Å²) >= 11 is 0. The lowest BCUT2D eigenvalue weighted by atomic mass is 10.0. The molecule has 1 aromatic heterocycles. The molecule has 0 saturated carbocycles. The molecule has 2 heterocycles. The van der Waals surface area contributed by atoms with Crippen molar-refractivity contribution >= 4 is 5.78 Å². The lowest BCUT2D eigenvalue weighted by Crippen LogP contribution is -2.25. The zero-order valence-corrected chi connectivity index (χ0v) is 10.6. The van der Waals surface area contributed by atoms with Gasteiger partial charge in [-0.2, -0.15) is 4.98 Å². The van der Waals surface area contributed by atoms with Crippen LogP contribution in [0.5, 0.6) is 0 Å². The van der Waals surface area contributed by atoms with Crippen molar-refractivity contribution in [3.63, 3.8) is 0 Å². The van der Waals surface area contributed by atoms with Gasteiger partial charge in [0, 0.05) is 12.0 Å². The van der Waals surface area contributed by atoms with Gasteiger partial charge in [-0.25, -0.2) is 13.2 Å². The van der Waals surface area contributed by atoms with Crippen LogP contribution in [-0.2, 0) is 9.53 Å². The van der Waals surface area contributed by atoms with Gasteiger partial charge in [0.05, 0.1) is 13.2 Å². The highest BCUT2D eigenvalue weighted by molar-refractivity contribution is 5.85. The topological polar surface area (TPSA) is 65.2 Å². The molecule has 2 aromatic rings. The molecule has 5 nitrogen and oxygen atoms in total. The zero-order chi connectivity index (χ0) is 15.0. The maximum absolute atomic E-state index is 13.2. The van der Waals surface area contributed by atoms with Gasteiger partial charge in [-0.1, -0.05) is 5.16 Å². The fraction of sp³-hybridized carbons (Fsp3) is 0.308. The van der Waals surface area contributed by atoms with E-state index in [9.17, 15) is 18.0 Å². The number of hydrogen-bond donors (Lipinski definition) is 0. The predicted molar refractivity (Wildman–Crippen MR) is 62.8 cm³/mol. The molecule has 0 spiro atoms. The molecule has 1 aliphatic rings. The number of ether oxygens (including phenoxy) is 1. The summed E-state index contributed by atoms with van der Waals surface area (Å²) in [6.07, 6.45) is 0.238. The molecule has 0 radical (unpaired) electrons. The second-order valence-electron chi connectivity index (χ2n) is 4.55. The maximum atomic E-state index is 13.2. The van der Waals surface area contributed by atoms with E-state index in [1.807, 2.05) is 0 Å². The average molecular weight is 298 g/mol. The van der Waals surface area contributed by atoms with Gasteiger partial charge in [0.2, 0.25) is 11.7 Å². The van der Waals surface area contributed by atoms with Crippen LogP contribution in [-0.4, -0.2) is 29.1 Å². The summed E-state index contributed by atoms with van der Waals surface area (Å²) in [6, 6.07) is 1.51. The van der Waals surface area contributed by atoms with Crippen molar-refractivity contribution in [3.8, 4) is 11.4 Å². The molecule has 0 N–H and O–H groups in total. The maximum Gasteiger partial charge on any atom is 0.239 e. The predicted octanol–water partition coefficient (Wildman–Crippen LogP) is 2.23. The number of ketones is 1. The van der Waals surface area contributed by atoms with Gasteiger partial charge in [0.1, 0.15) is 11.7 Å². The molecule has 1 aliphatic heterocycles. The summed E-state index contributed by atoms with van der Waals surface area (Å²) in [5.41, 5.74) is -0.0782. The van der Waals surface area contributed by atoms with Crippen LogP contribution in [0.15, 0.2) is 16.7 Å². The average Bonchev–Trinajstić information content (AvgIpc) is 2.94. The standard InChI is InChI=1S/C13H9F3N2O3/c14-8-3-6(4-9(15)11(8)16)12-17-13(21-18-12)7-5-20-2-1-10(7)19/h3-4,7H,1-2,5H2. The van der Waals surface area contributed by atoms with Crippen molar-refractivity contribution in [2.75, 3.05) is 13.2 Å². The third-order valence-corrected chi connectivity index (χ3v) is 3.15. The first-order valence-corrected chi connectivity index (χ1v) is 6.15. The number of rotatable bonds is 2. The summed E-state index contributed by atoms with van der Waals surface area (Å²) in [5, 5.41) is 3.56. The zero-order valence-electron chi connectivity index (χ0n) is 10.6. The molecule has 1 aromatic carbocycles. The first kappa shape index (κ1) is 13.7. The van der Waals surface area contributed by atoms with Crippen molar-refractivity contribution in [2.24, 2.45) is 0 Å². The smallest absolute Gasteiger partial charge is 0.239 e. The minimum absolute atomic E-state index is 0.0137. The Morgan fingerprint density at radius 3 is 2.57 bits per heavy atom. The Hall–Kier alpha value is -2.22. The Kier molecular flexibility index (Phi) is 3.46. The third kappa shape index (κ3) is 2.54. The van der Waals surface area contributed by atoms with E-state index in [1.165, 1.54) is 0 Å². The minimum atomic E-state index is -1.57. The van der Waals surface area contributed by atoms with Crippen molar-refractivity contribution in [2.45, 2.75) is 12.3 Å². The van der Waals surface area contributed by atoms with E-state index in [-0.39, 0.29) is 36.1 Å². The number of aromatic nitrogens is 2. The lowest BCUT2D eigenvalue weighted by molar-refractivity contribution is -0.127. The van der Waals surface area contributed by atoms with Crippen LogP contribution in [0.3, 0.4) is 0 Å². The van der Waals surface area contributed by atoms with Crippen LogP contribution in [0, 0.1) is 17.5 Å². The molecule has 1 fully saturated rings. The molecule has 8 heteroatoms. The van der Waals surface area contributed by atoms with Gasteiger partial charge in [0.25, 0.3) is 0 Å². The summed E-state index contributed by atoms with van der Waals surface area (Å²) in [5.74, 6) is -5.18. The number of halogens is 3. The number of carbonyl (C=O) groups excluding carboxylic acids is 1. The highest BCUT2D eigenvalue weighted by atomic mass is 19.2. The second kappa shape index (κ2) is 5.28. The lowest BCUT2D eigenvalue weighted by Gasteiger charge is -2.16. The van der Waals surface area contributed by atoms with Crippen molar-refractivity contribution in [3.05, 3.63) is 35.5 Å². The van der Waals surface area contributed by atoms with Crippen molar-refractivity contribution in [1.82, 2.24) is 10.1 Å². The van der Waals surface area contributed by atoms with E-state index in [4.69, 9.17) is 9.26 Å². The quantitative estimate of drug-likeness (QED) is 0.795. The van der Waals surface area contributed by atoms with E-state index in [0.29, 0.717) is 6.61 Å². The first-order valence-electron chi connectivity index (χ1n) is 6.15. The van der Waals surface area contributed by atoms with E-state index < -0.39 is 23.4 Å². The number of nitrogens with zero attached hydrogens (tertiary/aromatic N) is 2. The van der Waals surface area contributed by atoms with Crippen molar-refractivity contribution < 1.29 is 27.2 Å². The van der Waals surface area contributed by atoms with E-state index >= 15 is 0 Å². The second-order valence-corrected chi connectivity index (χ2v) is 4.55. The normalized spacial score (nSPS) is 19.0. The van der Waals surface area contributed by atoms with Gasteiger partial charge in [-0.05, 0) is 12.1 Å². The summed E-state index contributed by atoms with van der Waals surface area (Å²) in [7, 11) is 0. The minimum Gasteiger partial charge on any atom is -0.380 e. The van der Waals surface area contributed by atoms with Crippen LogP contribution < -0.4 is 0 Å². The van der Waals surface area contributed by atoms with Crippen LogP contribution >= 0.6 is 0 Å². The first-order chi connectivity index (χ1) is 10.1. The Morgan fingerprint density at radius 1 is 1.19 bits per heavy atom. The molecule has 3 rings (SSSR count). The molecule has 1 atom stereocenters. The van der Waals surface area contributed by atoms with Crippen molar-refractivity contribution in [1.29, 1.82) is 0 Å². The van der Waals surface area contributed by atoms with Gasteiger partial charge in [-0.3, -0.25) is 4.79 Å². The van der Waals surface area contributed by atoms with Crippen LogP contribution in [0.1, 0.15) is 18.2 Å². The van der Waals surface area contributed by atoms with Gasteiger partial charge in [-0.15, -0.1) is 0 Å². The Bertz CT molecular complexity index is 679. The summed E-state index contributed by atoms with van der Waals surface area (Å²) < 4.78 is 49.3. The van der Waals surface area contributed by atoms with Gasteiger partial charge < -0.3 is 9.26 Å². The van der Waals surface area contributed by atoms with Gasteiger partial charge >= 0.3 is 0 Å². The molecule has 0 bridgehead atoms. The molecule has 110 valence electrons. The number of benzene rings is 1. The number of Topliss-reactive ketones (excluding diaryl/α,β-unsaturated/α-hetero) is 1. The molecule has 0 aliphatic carbocycles. The van der Waals surface area contributed by atoms with Crippen LogP contribution in [0.2, 0.25) is 0 Å². The number of carbonyl (C=O) groups is 1. The molecule has 21 heavy (non-hydrogen) atoms. The third-order valence-electron chi connectivity index (χ3n) is 3.15. The molecule has 1 unspecified atom stereocenters. The van der Waals surface area contributed by atoms with Crippen LogP contribution in [0.25, 0.3) is 11.4 Å². The van der Waals surface area contributed by atoms with E-state index in [0.717, 1.165) is 12.1 Å².